The third-order valence-electron chi connectivity index (χ3n) is 1.95. The first-order valence-electron chi connectivity index (χ1n) is 4.10. The normalized spacial score (nSPS) is 12.6. The quantitative estimate of drug-likeness (QED) is 0.764. The first-order valence-corrected chi connectivity index (χ1v) is 5.18. The van der Waals surface area contributed by atoms with Gasteiger partial charge in [0, 0.05) is 17.0 Å². The lowest BCUT2D eigenvalue weighted by molar-refractivity contribution is 0.542. The highest BCUT2D eigenvalue weighted by Gasteiger charge is 1.94. The van der Waals surface area contributed by atoms with Crippen LogP contribution < -0.4 is 4.72 Å². The summed E-state index contributed by atoms with van der Waals surface area (Å²) in [5.74, 6) is 0. The second kappa shape index (κ2) is 3.77. The van der Waals surface area contributed by atoms with Crippen LogP contribution in [-0.2, 0) is 11.3 Å². The number of nitrogens with one attached hydrogen (secondary N) is 1. The van der Waals surface area contributed by atoms with E-state index < -0.39 is 11.3 Å². The molecule has 0 aliphatic rings. The molecule has 0 bridgehead atoms. The summed E-state index contributed by atoms with van der Waals surface area (Å²) in [6.45, 7) is 0. The summed E-state index contributed by atoms with van der Waals surface area (Å²) in [6.07, 6.45) is 0. The molecule has 0 aliphatic heterocycles. The minimum absolute atomic E-state index is 0.581. The van der Waals surface area contributed by atoms with Gasteiger partial charge in [-0.25, -0.2) is 0 Å². The van der Waals surface area contributed by atoms with Crippen molar-refractivity contribution in [3.05, 3.63) is 42.5 Å². The highest BCUT2D eigenvalue weighted by Crippen LogP contribution is 2.18. The molecule has 0 aliphatic carbocycles. The number of hydrogen-bond donors (Lipinski definition) is 1. The Labute approximate surface area is 84.2 Å². The molecule has 0 radical (unpaired) electrons. The maximum Gasteiger partial charge on any atom is 0.0458 e. The summed E-state index contributed by atoms with van der Waals surface area (Å²) in [4.78, 5) is 0. The van der Waals surface area contributed by atoms with Gasteiger partial charge in [-0.05, 0) is 22.9 Å². The lowest BCUT2D eigenvalue weighted by Crippen LogP contribution is -2.01. The molecule has 4 heteroatoms. The van der Waals surface area contributed by atoms with Crippen LogP contribution in [-0.4, -0.2) is 8.76 Å². The minimum atomic E-state index is -2.26. The van der Waals surface area contributed by atoms with Crippen LogP contribution in [0.3, 0.4) is 0 Å². The van der Waals surface area contributed by atoms with Crippen molar-refractivity contribution in [3.63, 3.8) is 0 Å². The van der Waals surface area contributed by atoms with Gasteiger partial charge in [-0.3, -0.25) is 4.21 Å². The number of rotatable bonds is 2. The number of hydrogen-bond acceptors (Lipinski definition) is 2. The van der Waals surface area contributed by atoms with E-state index in [0.717, 1.165) is 10.8 Å². The van der Waals surface area contributed by atoms with Crippen molar-refractivity contribution in [1.29, 1.82) is 0 Å². The maximum atomic E-state index is 10.4. The monoisotopic (exact) mass is 206 g/mol. The molecule has 0 fully saturated rings. The molecule has 14 heavy (non-hydrogen) atoms. The fourth-order valence-corrected chi connectivity index (χ4v) is 1.67. The van der Waals surface area contributed by atoms with Crippen molar-refractivity contribution >= 4 is 27.7 Å². The Bertz CT molecular complexity index is 484. The van der Waals surface area contributed by atoms with Gasteiger partial charge in [-0.15, -0.1) is 0 Å². The Hall–Kier alpha value is -1.39. The molecule has 1 N–H and O–H groups in total. The summed E-state index contributed by atoms with van der Waals surface area (Å²) < 4.78 is 23.1. The van der Waals surface area contributed by atoms with E-state index in [0.29, 0.717) is 5.69 Å². The summed E-state index contributed by atoms with van der Waals surface area (Å²) in [5.41, 5.74) is 0.581. The van der Waals surface area contributed by atoms with E-state index in [1.165, 1.54) is 0 Å². The first-order chi connectivity index (χ1) is 6.75. The van der Waals surface area contributed by atoms with E-state index >= 15 is 0 Å². The molecule has 0 spiro atoms. The lowest BCUT2D eigenvalue weighted by Gasteiger charge is -2.08. The lowest BCUT2D eigenvalue weighted by atomic mass is 10.1. The van der Waals surface area contributed by atoms with Crippen molar-refractivity contribution in [3.8, 4) is 0 Å². The van der Waals surface area contributed by atoms with E-state index in [-0.39, 0.29) is 0 Å². The Kier molecular flexibility index (Phi) is 2.47. The molecule has 72 valence electrons. The third kappa shape index (κ3) is 1.92. The Balaban J connectivity index is 2.46. The fraction of sp³-hybridized carbons (Fsp3) is 0. The minimum Gasteiger partial charge on any atom is -0.755 e. The molecular formula is C10H8NO2S-. The van der Waals surface area contributed by atoms with E-state index in [2.05, 4.69) is 4.72 Å². The number of benzene rings is 2. The van der Waals surface area contributed by atoms with Crippen LogP contribution in [0.25, 0.3) is 10.8 Å². The van der Waals surface area contributed by atoms with Crippen LogP contribution in [0.5, 0.6) is 0 Å². The van der Waals surface area contributed by atoms with Gasteiger partial charge in [-0.2, -0.15) is 0 Å². The molecular weight excluding hydrogens is 198 g/mol. The summed E-state index contributed by atoms with van der Waals surface area (Å²) >= 11 is -2.26. The first kappa shape index (κ1) is 9.18. The number of fused-ring (bicyclic) bond motifs is 1. The average molecular weight is 206 g/mol. The van der Waals surface area contributed by atoms with Crippen LogP contribution in [0.1, 0.15) is 0 Å². The largest absolute Gasteiger partial charge is 0.755 e. The molecule has 0 aromatic heterocycles. The van der Waals surface area contributed by atoms with E-state index in [1.807, 2.05) is 30.3 Å². The topological polar surface area (TPSA) is 52.2 Å². The zero-order valence-corrected chi connectivity index (χ0v) is 8.08. The van der Waals surface area contributed by atoms with Gasteiger partial charge in [0.25, 0.3) is 0 Å². The van der Waals surface area contributed by atoms with Crippen molar-refractivity contribution in [2.75, 3.05) is 4.72 Å². The van der Waals surface area contributed by atoms with Crippen molar-refractivity contribution in [2.45, 2.75) is 0 Å². The average Bonchev–Trinajstić information content (AvgIpc) is 2.17. The van der Waals surface area contributed by atoms with Gasteiger partial charge >= 0.3 is 0 Å². The van der Waals surface area contributed by atoms with Crippen molar-refractivity contribution in [1.82, 2.24) is 0 Å². The molecule has 0 amide bonds. The molecule has 0 saturated heterocycles. The zero-order chi connectivity index (χ0) is 9.97. The van der Waals surface area contributed by atoms with E-state index in [9.17, 15) is 8.76 Å². The predicted molar refractivity (Wildman–Crippen MR) is 56.5 cm³/mol. The molecule has 2 rings (SSSR count). The summed E-state index contributed by atoms with van der Waals surface area (Å²) in [5, 5.41) is 2.11. The second-order valence-electron chi connectivity index (χ2n) is 2.90. The van der Waals surface area contributed by atoms with Crippen LogP contribution in [0.4, 0.5) is 5.69 Å². The van der Waals surface area contributed by atoms with E-state index in [4.69, 9.17) is 0 Å². The predicted octanol–water partition coefficient (Wildman–Crippen LogP) is 2.05. The second-order valence-corrected chi connectivity index (χ2v) is 3.57. The molecule has 0 saturated carbocycles. The molecule has 0 heterocycles. The zero-order valence-electron chi connectivity index (χ0n) is 7.27. The number of anilines is 1. The maximum absolute atomic E-state index is 10.4. The van der Waals surface area contributed by atoms with Crippen LogP contribution >= 0.6 is 0 Å². The van der Waals surface area contributed by atoms with Crippen molar-refractivity contribution < 1.29 is 8.76 Å². The van der Waals surface area contributed by atoms with Crippen LogP contribution in [0, 0.1) is 0 Å². The van der Waals surface area contributed by atoms with Gasteiger partial charge < -0.3 is 9.27 Å². The van der Waals surface area contributed by atoms with Gasteiger partial charge in [0.1, 0.15) is 0 Å². The van der Waals surface area contributed by atoms with Gasteiger partial charge in [0.05, 0.1) is 0 Å². The SMILES string of the molecule is O=S([O-])Nc1ccc2ccccc2c1. The molecule has 2 aromatic rings. The third-order valence-corrected chi connectivity index (χ3v) is 2.35. The van der Waals surface area contributed by atoms with Crippen LogP contribution in [0.15, 0.2) is 42.5 Å². The summed E-state index contributed by atoms with van der Waals surface area (Å²) in [7, 11) is 0. The molecule has 2 aromatic carbocycles. The fourth-order valence-electron chi connectivity index (χ4n) is 1.35. The molecule has 1 unspecified atom stereocenters. The Morgan fingerprint density at radius 2 is 1.79 bits per heavy atom. The Morgan fingerprint density at radius 1 is 1.07 bits per heavy atom. The Morgan fingerprint density at radius 3 is 2.50 bits per heavy atom. The smallest absolute Gasteiger partial charge is 0.0458 e. The standard InChI is InChI=1S/C10H9NO2S/c12-14(13)11-10-6-5-8-3-1-2-4-9(8)7-10/h1-7,11H,(H,12,13)/p-1. The molecule has 3 nitrogen and oxygen atoms in total. The van der Waals surface area contributed by atoms with Gasteiger partial charge in [-0.1, -0.05) is 30.3 Å². The van der Waals surface area contributed by atoms with Gasteiger partial charge in [0.15, 0.2) is 0 Å². The van der Waals surface area contributed by atoms with E-state index in [1.54, 1.807) is 12.1 Å². The highest BCUT2D eigenvalue weighted by molar-refractivity contribution is 7.80. The summed E-state index contributed by atoms with van der Waals surface area (Å²) in [6, 6.07) is 13.2. The van der Waals surface area contributed by atoms with Gasteiger partial charge in [0.2, 0.25) is 0 Å². The van der Waals surface area contributed by atoms with Crippen molar-refractivity contribution in [2.24, 2.45) is 0 Å². The molecule has 1 atom stereocenters. The van der Waals surface area contributed by atoms with Crippen LogP contribution in [0.2, 0.25) is 0 Å². The highest BCUT2D eigenvalue weighted by atomic mass is 32.2.